The van der Waals surface area contributed by atoms with Gasteiger partial charge in [0.05, 0.1) is 23.4 Å². The van der Waals surface area contributed by atoms with Gasteiger partial charge < -0.3 is 20.7 Å². The summed E-state index contributed by atoms with van der Waals surface area (Å²) in [6.45, 7) is 6.65. The number of rotatable bonds is 7. The lowest BCUT2D eigenvalue weighted by atomic mass is 10.1. The largest absolute Gasteiger partial charge is 0.376 e. The fourth-order valence-electron chi connectivity index (χ4n) is 3.24. The van der Waals surface area contributed by atoms with Crippen molar-refractivity contribution in [3.8, 4) is 0 Å². The summed E-state index contributed by atoms with van der Waals surface area (Å²) in [5, 5.41) is 10.6. The zero-order valence-corrected chi connectivity index (χ0v) is 20.8. The Kier molecular flexibility index (Phi) is 9.99. The number of halogens is 1. The number of amides is 1. The molecular weight excluding hydrogens is 513 g/mol. The van der Waals surface area contributed by atoms with Crippen LogP contribution < -0.4 is 16.0 Å². The minimum absolute atomic E-state index is 0. The zero-order chi connectivity index (χ0) is 20.6. The van der Waals surface area contributed by atoms with Gasteiger partial charge in [0, 0.05) is 37.2 Å². The van der Waals surface area contributed by atoms with E-state index >= 15 is 0 Å². The molecule has 0 saturated carbocycles. The number of carbonyl (C=O) groups is 1. The molecule has 7 nitrogen and oxygen atoms in total. The third kappa shape index (κ3) is 7.21. The summed E-state index contributed by atoms with van der Waals surface area (Å²) in [4.78, 5) is 22.3. The Hall–Kier alpha value is -1.72. The molecule has 1 aromatic carbocycles. The first-order valence-corrected chi connectivity index (χ1v) is 10.7. The first-order chi connectivity index (χ1) is 14.0. The first kappa shape index (κ1) is 24.5. The van der Waals surface area contributed by atoms with Crippen LogP contribution in [0.2, 0.25) is 0 Å². The first-order valence-electron chi connectivity index (χ1n) is 9.91. The van der Waals surface area contributed by atoms with Gasteiger partial charge in [0.15, 0.2) is 5.96 Å². The van der Waals surface area contributed by atoms with Crippen LogP contribution in [0.5, 0.6) is 0 Å². The van der Waals surface area contributed by atoms with E-state index in [1.165, 1.54) is 4.88 Å². The Morgan fingerprint density at radius 2 is 2.07 bits per heavy atom. The molecule has 1 unspecified atom stereocenters. The number of thiazole rings is 1. The number of aryl methyl sites for hydroxylation is 2. The Morgan fingerprint density at radius 1 is 1.27 bits per heavy atom. The van der Waals surface area contributed by atoms with E-state index in [1.54, 1.807) is 18.4 Å². The number of carbonyl (C=O) groups excluding carboxylic acids is 1. The van der Waals surface area contributed by atoms with Crippen molar-refractivity contribution in [1.82, 2.24) is 20.9 Å². The quantitative estimate of drug-likeness (QED) is 0.284. The van der Waals surface area contributed by atoms with Crippen molar-refractivity contribution in [3.63, 3.8) is 0 Å². The molecule has 1 aliphatic rings. The standard InChI is InChI=1S/C21H29N5O2S.HI/c1-14-19(29-15(2)26-14)13-25-21(22-3)24-11-16-6-4-7-17(10-16)20(27)23-12-18-8-5-9-28-18;/h4,6-7,10,18H,5,8-9,11-13H2,1-3H3,(H,23,27)(H2,22,24,25);1H. The van der Waals surface area contributed by atoms with E-state index in [1.807, 2.05) is 38.1 Å². The van der Waals surface area contributed by atoms with Gasteiger partial charge in [-0.1, -0.05) is 12.1 Å². The summed E-state index contributed by atoms with van der Waals surface area (Å²) in [5.74, 6) is 0.643. The van der Waals surface area contributed by atoms with Crippen molar-refractivity contribution in [3.05, 3.63) is 51.0 Å². The molecule has 30 heavy (non-hydrogen) atoms. The molecule has 0 aliphatic carbocycles. The highest BCUT2D eigenvalue weighted by molar-refractivity contribution is 14.0. The lowest BCUT2D eigenvalue weighted by Crippen LogP contribution is -2.36. The summed E-state index contributed by atoms with van der Waals surface area (Å²) >= 11 is 1.69. The molecule has 1 aromatic heterocycles. The molecule has 2 heterocycles. The van der Waals surface area contributed by atoms with Crippen LogP contribution in [0.15, 0.2) is 29.3 Å². The van der Waals surface area contributed by atoms with E-state index in [4.69, 9.17) is 4.74 Å². The highest BCUT2D eigenvalue weighted by Gasteiger charge is 2.16. The van der Waals surface area contributed by atoms with Crippen LogP contribution in [-0.4, -0.2) is 43.2 Å². The summed E-state index contributed by atoms with van der Waals surface area (Å²) in [7, 11) is 1.75. The van der Waals surface area contributed by atoms with Gasteiger partial charge in [0.1, 0.15) is 0 Å². The Bertz CT molecular complexity index is 865. The van der Waals surface area contributed by atoms with Gasteiger partial charge in [-0.3, -0.25) is 9.79 Å². The monoisotopic (exact) mass is 543 g/mol. The average Bonchev–Trinajstić information content (AvgIpc) is 3.35. The van der Waals surface area contributed by atoms with E-state index < -0.39 is 0 Å². The van der Waals surface area contributed by atoms with Crippen LogP contribution in [0.1, 0.15) is 44.3 Å². The second kappa shape index (κ2) is 12.2. The second-order valence-corrected chi connectivity index (χ2v) is 8.35. The van der Waals surface area contributed by atoms with Crippen molar-refractivity contribution in [2.24, 2.45) is 4.99 Å². The van der Waals surface area contributed by atoms with Crippen LogP contribution in [0.25, 0.3) is 0 Å². The number of hydrogen-bond acceptors (Lipinski definition) is 5. The molecule has 0 spiro atoms. The molecule has 1 amide bonds. The fourth-order valence-corrected chi connectivity index (χ4v) is 4.12. The zero-order valence-electron chi connectivity index (χ0n) is 17.7. The topological polar surface area (TPSA) is 87.6 Å². The second-order valence-electron chi connectivity index (χ2n) is 7.07. The number of nitrogens with zero attached hydrogens (tertiary/aromatic N) is 2. The van der Waals surface area contributed by atoms with Gasteiger partial charge in [-0.15, -0.1) is 35.3 Å². The predicted octanol–water partition coefficient (Wildman–Crippen LogP) is 3.15. The third-order valence-corrected chi connectivity index (χ3v) is 5.88. The number of aliphatic imine (C=N–C) groups is 1. The van der Waals surface area contributed by atoms with Crippen LogP contribution >= 0.6 is 35.3 Å². The summed E-state index contributed by atoms with van der Waals surface area (Å²) in [6, 6.07) is 7.63. The lowest BCUT2D eigenvalue weighted by molar-refractivity contribution is 0.0857. The highest BCUT2D eigenvalue weighted by atomic mass is 127. The maximum absolute atomic E-state index is 12.4. The summed E-state index contributed by atoms with van der Waals surface area (Å²) in [5.41, 5.74) is 2.72. The summed E-state index contributed by atoms with van der Waals surface area (Å²) in [6.07, 6.45) is 2.22. The maximum atomic E-state index is 12.4. The Balaban J connectivity index is 0.00000320. The Morgan fingerprint density at radius 3 is 2.73 bits per heavy atom. The predicted molar refractivity (Wildman–Crippen MR) is 132 cm³/mol. The van der Waals surface area contributed by atoms with Crippen LogP contribution in [0.4, 0.5) is 0 Å². The fraction of sp³-hybridized carbons (Fsp3) is 0.476. The maximum Gasteiger partial charge on any atom is 0.251 e. The lowest BCUT2D eigenvalue weighted by Gasteiger charge is -2.13. The van der Waals surface area contributed by atoms with E-state index in [2.05, 4.69) is 25.9 Å². The number of nitrogens with one attached hydrogen (secondary N) is 3. The molecular formula is C21H30IN5O2S. The molecule has 164 valence electrons. The van der Waals surface area contributed by atoms with E-state index in [9.17, 15) is 4.79 Å². The van der Waals surface area contributed by atoms with Crippen LogP contribution in [0.3, 0.4) is 0 Å². The van der Waals surface area contributed by atoms with Crippen molar-refractivity contribution < 1.29 is 9.53 Å². The SMILES string of the molecule is CN=C(NCc1cccc(C(=O)NCC2CCCO2)c1)NCc1sc(C)nc1C.I. The van der Waals surface area contributed by atoms with E-state index in [-0.39, 0.29) is 36.0 Å². The van der Waals surface area contributed by atoms with Crippen molar-refractivity contribution >= 4 is 47.2 Å². The average molecular weight is 543 g/mol. The molecule has 1 atom stereocenters. The van der Waals surface area contributed by atoms with E-state index in [0.29, 0.717) is 31.2 Å². The number of benzene rings is 1. The van der Waals surface area contributed by atoms with Crippen LogP contribution in [0, 0.1) is 13.8 Å². The van der Waals surface area contributed by atoms with Gasteiger partial charge in [0.25, 0.3) is 5.91 Å². The molecule has 1 aliphatic heterocycles. The van der Waals surface area contributed by atoms with Gasteiger partial charge in [0.2, 0.25) is 0 Å². The molecule has 0 radical (unpaired) electrons. The molecule has 9 heteroatoms. The normalized spacial score (nSPS) is 16.1. The van der Waals surface area contributed by atoms with Crippen LogP contribution in [-0.2, 0) is 17.8 Å². The molecule has 3 N–H and O–H groups in total. The minimum Gasteiger partial charge on any atom is -0.376 e. The molecule has 2 aromatic rings. The molecule has 3 rings (SSSR count). The van der Waals surface area contributed by atoms with Gasteiger partial charge in [-0.05, 0) is 44.4 Å². The van der Waals surface area contributed by atoms with Gasteiger partial charge >= 0.3 is 0 Å². The number of hydrogen-bond donors (Lipinski definition) is 3. The smallest absolute Gasteiger partial charge is 0.251 e. The summed E-state index contributed by atoms with van der Waals surface area (Å²) < 4.78 is 5.56. The minimum atomic E-state index is -0.0686. The highest BCUT2D eigenvalue weighted by Crippen LogP contribution is 2.16. The number of ether oxygens (including phenoxy) is 1. The Labute approximate surface area is 199 Å². The number of aromatic nitrogens is 1. The van der Waals surface area contributed by atoms with Gasteiger partial charge in [-0.25, -0.2) is 4.98 Å². The number of guanidine groups is 1. The van der Waals surface area contributed by atoms with Crippen molar-refractivity contribution in [1.29, 1.82) is 0 Å². The van der Waals surface area contributed by atoms with Crippen molar-refractivity contribution in [2.45, 2.75) is 45.9 Å². The van der Waals surface area contributed by atoms with E-state index in [0.717, 1.165) is 35.7 Å². The molecule has 1 fully saturated rings. The third-order valence-electron chi connectivity index (χ3n) is 4.80. The molecule has 0 bridgehead atoms. The van der Waals surface area contributed by atoms with Crippen molar-refractivity contribution in [2.75, 3.05) is 20.2 Å². The molecule has 1 saturated heterocycles. The van der Waals surface area contributed by atoms with Gasteiger partial charge in [-0.2, -0.15) is 0 Å².